The topological polar surface area (TPSA) is 120 Å². The number of rotatable bonds is 38. The molecule has 0 aromatic rings. The summed E-state index contributed by atoms with van der Waals surface area (Å²) in [5, 5.41) is 8.67. The number of hydrogen-bond acceptors (Lipinski definition) is 5. The molecule has 9 heteroatoms. The van der Waals surface area contributed by atoms with Gasteiger partial charge in [-0.1, -0.05) is 141 Å². The summed E-state index contributed by atoms with van der Waals surface area (Å²) in [5.74, 6) is -0.525. The fourth-order valence-corrected chi connectivity index (χ4v) is 7.39. The third kappa shape index (κ3) is 31.7. The fourth-order valence-electron chi connectivity index (χ4n) is 7.39. The second-order valence-corrected chi connectivity index (χ2v) is 16.4. The van der Waals surface area contributed by atoms with Crippen LogP contribution in [0.15, 0.2) is 29.3 Å². The monoisotopic (exact) mass is 798 g/mol. The van der Waals surface area contributed by atoms with Crippen LogP contribution in [0.5, 0.6) is 0 Å². The number of carbonyl (C=O) groups excluding carboxylic acids is 4. The summed E-state index contributed by atoms with van der Waals surface area (Å²) in [7, 11) is 0. The minimum atomic E-state index is -0.842. The molecule has 1 rings (SSSR count). The summed E-state index contributed by atoms with van der Waals surface area (Å²) < 4.78 is 0. The Morgan fingerprint density at radius 3 is 1.56 bits per heavy atom. The van der Waals surface area contributed by atoms with E-state index in [-0.39, 0.29) is 36.2 Å². The maximum absolute atomic E-state index is 13.2. The van der Waals surface area contributed by atoms with Gasteiger partial charge in [0.25, 0.3) is 0 Å². The van der Waals surface area contributed by atoms with Crippen LogP contribution in [0.1, 0.15) is 213 Å². The molecular formula is C48H87N5O4. The van der Waals surface area contributed by atoms with E-state index >= 15 is 0 Å². The van der Waals surface area contributed by atoms with Gasteiger partial charge in [-0.2, -0.15) is 0 Å². The zero-order chi connectivity index (χ0) is 41.4. The number of hydrogen-bond donors (Lipinski definition) is 3. The summed E-state index contributed by atoms with van der Waals surface area (Å²) in [6.07, 6.45) is 45.0. The van der Waals surface area contributed by atoms with Crippen molar-refractivity contribution in [3.05, 3.63) is 24.3 Å². The molecule has 0 aromatic heterocycles. The highest BCUT2D eigenvalue weighted by atomic mass is 16.2. The number of aliphatic imine (C=N–C) groups is 1. The van der Waals surface area contributed by atoms with Crippen LogP contribution in [-0.2, 0) is 19.2 Å². The first kappa shape index (κ1) is 52.0. The molecule has 4 amide bonds. The zero-order valence-corrected chi connectivity index (χ0v) is 37.1. The first-order valence-corrected chi connectivity index (χ1v) is 23.8. The van der Waals surface area contributed by atoms with E-state index in [2.05, 4.69) is 59.1 Å². The summed E-state index contributed by atoms with van der Waals surface area (Å²) in [6, 6.07) is -0.829. The molecule has 328 valence electrons. The summed E-state index contributed by atoms with van der Waals surface area (Å²) in [6.45, 7) is 7.60. The van der Waals surface area contributed by atoms with Gasteiger partial charge in [0.15, 0.2) is 0 Å². The molecule has 0 spiro atoms. The van der Waals surface area contributed by atoms with Gasteiger partial charge in [-0.05, 0) is 77.0 Å². The van der Waals surface area contributed by atoms with Crippen molar-refractivity contribution >= 4 is 29.8 Å². The Balaban J connectivity index is 2.35. The Kier molecular flexibility index (Phi) is 35.2. The highest BCUT2D eigenvalue weighted by Gasteiger charge is 2.25. The Labute approximate surface area is 349 Å². The van der Waals surface area contributed by atoms with Gasteiger partial charge in [0, 0.05) is 45.6 Å². The van der Waals surface area contributed by atoms with Crippen molar-refractivity contribution in [1.29, 1.82) is 0 Å². The van der Waals surface area contributed by atoms with Gasteiger partial charge in [0.2, 0.25) is 23.6 Å². The quantitative estimate of drug-likeness (QED) is 0.0327. The maximum Gasteiger partial charge on any atom is 0.244 e. The van der Waals surface area contributed by atoms with E-state index in [0.29, 0.717) is 25.9 Å². The number of nitrogens with one attached hydrogen (secondary N) is 3. The molecule has 1 heterocycles. The molecule has 2 atom stereocenters. The van der Waals surface area contributed by atoms with E-state index in [0.717, 1.165) is 77.2 Å². The van der Waals surface area contributed by atoms with Gasteiger partial charge in [-0.25, -0.2) is 0 Å². The number of allylic oxidation sites excluding steroid dienone is 4. The molecule has 57 heavy (non-hydrogen) atoms. The highest BCUT2D eigenvalue weighted by molar-refractivity contribution is 5.88. The second-order valence-electron chi connectivity index (χ2n) is 16.4. The lowest BCUT2D eigenvalue weighted by molar-refractivity contribution is -0.129. The van der Waals surface area contributed by atoms with E-state index < -0.39 is 6.04 Å². The zero-order valence-electron chi connectivity index (χ0n) is 37.1. The van der Waals surface area contributed by atoms with Gasteiger partial charge in [0.05, 0.1) is 12.6 Å². The Morgan fingerprint density at radius 1 is 0.614 bits per heavy atom. The third-order valence-electron chi connectivity index (χ3n) is 11.0. The number of likely N-dealkylation sites (tertiary alicyclic amines) is 1. The average Bonchev–Trinajstić information content (AvgIpc) is 3.68. The summed E-state index contributed by atoms with van der Waals surface area (Å²) in [4.78, 5) is 56.9. The van der Waals surface area contributed by atoms with E-state index in [1.165, 1.54) is 109 Å². The number of nitrogens with zero attached hydrogens (tertiary/aromatic N) is 2. The number of unbranched alkanes of at least 4 members (excludes halogenated alkanes) is 22. The molecule has 2 unspecified atom stereocenters. The number of carbonyl (C=O) groups is 4. The van der Waals surface area contributed by atoms with Crippen molar-refractivity contribution in [3.8, 4) is 0 Å². The fraction of sp³-hybridized carbons (Fsp3) is 0.812. The molecule has 0 radical (unpaired) electrons. The van der Waals surface area contributed by atoms with Crippen molar-refractivity contribution in [3.63, 3.8) is 0 Å². The van der Waals surface area contributed by atoms with Gasteiger partial charge < -0.3 is 20.9 Å². The van der Waals surface area contributed by atoms with Crippen LogP contribution in [0.25, 0.3) is 0 Å². The van der Waals surface area contributed by atoms with Gasteiger partial charge >= 0.3 is 0 Å². The highest BCUT2D eigenvalue weighted by Crippen LogP contribution is 2.16. The second kappa shape index (κ2) is 38.5. The van der Waals surface area contributed by atoms with Crippen LogP contribution >= 0.6 is 0 Å². The summed E-state index contributed by atoms with van der Waals surface area (Å²) in [5.41, 5.74) is 0. The van der Waals surface area contributed by atoms with Crippen LogP contribution in [0.4, 0.5) is 0 Å². The normalized spacial score (nSPS) is 14.9. The molecule has 1 aliphatic rings. The average molecular weight is 798 g/mol. The van der Waals surface area contributed by atoms with Crippen LogP contribution in [0.3, 0.4) is 0 Å². The van der Waals surface area contributed by atoms with Gasteiger partial charge in [-0.15, -0.1) is 0 Å². The van der Waals surface area contributed by atoms with Crippen molar-refractivity contribution in [1.82, 2.24) is 20.9 Å². The van der Waals surface area contributed by atoms with Crippen LogP contribution in [-0.4, -0.2) is 73.0 Å². The lowest BCUT2D eigenvalue weighted by Gasteiger charge is -2.20. The summed E-state index contributed by atoms with van der Waals surface area (Å²) >= 11 is 0. The smallest absolute Gasteiger partial charge is 0.244 e. The third-order valence-corrected chi connectivity index (χ3v) is 11.0. The Morgan fingerprint density at radius 2 is 1.07 bits per heavy atom. The molecule has 3 N–H and O–H groups in total. The van der Waals surface area contributed by atoms with E-state index in [1.807, 2.05) is 11.1 Å². The first-order chi connectivity index (χ1) is 27.9. The molecule has 9 nitrogen and oxygen atoms in total. The van der Waals surface area contributed by atoms with Crippen molar-refractivity contribution in [2.45, 2.75) is 225 Å². The predicted molar refractivity (Wildman–Crippen MR) is 241 cm³/mol. The van der Waals surface area contributed by atoms with Crippen molar-refractivity contribution in [2.24, 2.45) is 4.99 Å². The van der Waals surface area contributed by atoms with Crippen LogP contribution in [0.2, 0.25) is 0 Å². The van der Waals surface area contributed by atoms with E-state index in [9.17, 15) is 19.2 Å². The maximum atomic E-state index is 13.2. The van der Waals surface area contributed by atoms with Gasteiger partial charge in [-0.3, -0.25) is 24.2 Å². The lowest BCUT2D eigenvalue weighted by atomic mass is 10.1. The number of amides is 4. The molecule has 1 saturated heterocycles. The van der Waals surface area contributed by atoms with E-state index in [4.69, 9.17) is 0 Å². The Hall–Kier alpha value is -2.97. The van der Waals surface area contributed by atoms with E-state index in [1.54, 1.807) is 6.92 Å². The van der Waals surface area contributed by atoms with Crippen LogP contribution < -0.4 is 16.0 Å². The van der Waals surface area contributed by atoms with Crippen molar-refractivity contribution in [2.75, 3.05) is 26.2 Å². The molecule has 1 aliphatic heterocycles. The van der Waals surface area contributed by atoms with Gasteiger partial charge in [0.1, 0.15) is 6.04 Å². The molecule has 0 aliphatic carbocycles. The molecule has 0 saturated carbocycles. The minimum Gasteiger partial charge on any atom is -0.353 e. The molecule has 1 fully saturated rings. The minimum absolute atomic E-state index is 0.0127. The molecule has 0 bridgehead atoms. The largest absolute Gasteiger partial charge is 0.353 e. The molecular weight excluding hydrogens is 711 g/mol. The van der Waals surface area contributed by atoms with Crippen molar-refractivity contribution < 1.29 is 19.2 Å². The van der Waals surface area contributed by atoms with Crippen LogP contribution in [0, 0.1) is 0 Å². The predicted octanol–water partition coefficient (Wildman–Crippen LogP) is 10.9. The molecule has 0 aromatic carbocycles. The Bertz CT molecular complexity index is 1110. The SMILES string of the molecule is CCCCCCCCC=CCCCCCCCC(=O)NCC(NC(=O)CCCCCCCC=CCCCCCCCC)C(=O)NCCN=CC1CCCN1C(C)=O. The first-order valence-electron chi connectivity index (χ1n) is 23.8. The lowest BCUT2D eigenvalue weighted by Crippen LogP contribution is -2.53. The standard InChI is InChI=1S/C48H87N5O4/c1-4-6-8-10-12-14-16-18-20-22-24-26-28-30-32-36-46(55)51-42-45(48(57)50-39-38-49-41-44-35-34-40-53(44)43(3)54)52-47(56)37-33-31-29-27-25-23-21-19-17-15-13-11-9-7-5-2/h18-21,41,44-45H,4-17,22-40,42H2,1-3H3,(H,50,57)(H,51,55)(H,52,56).